The molecule has 0 saturated carbocycles. The van der Waals surface area contributed by atoms with Crippen molar-refractivity contribution in [1.82, 2.24) is 0 Å². The Morgan fingerprint density at radius 2 is 1.79 bits per heavy atom. The molecule has 1 aromatic carbocycles. The topological polar surface area (TPSA) is 0 Å². The highest BCUT2D eigenvalue weighted by Crippen LogP contribution is 2.08. The third-order valence-electron chi connectivity index (χ3n) is 2.34. The molecule has 0 spiro atoms. The average molecular weight is 188 g/mol. The van der Waals surface area contributed by atoms with Crippen LogP contribution in [-0.4, -0.2) is 0 Å². The SMILES string of the molecule is CC(C)=CCCCc1ccc(C)cc1. The molecule has 0 amide bonds. The van der Waals surface area contributed by atoms with Gasteiger partial charge >= 0.3 is 0 Å². The maximum Gasteiger partial charge on any atom is -0.0276 e. The number of unbranched alkanes of at least 4 members (excludes halogenated alkanes) is 1. The Balaban J connectivity index is 2.32. The van der Waals surface area contributed by atoms with Crippen LogP contribution in [0.25, 0.3) is 0 Å². The summed E-state index contributed by atoms with van der Waals surface area (Å²) in [5.41, 5.74) is 4.23. The van der Waals surface area contributed by atoms with Crippen LogP contribution in [0.1, 0.15) is 37.8 Å². The Morgan fingerprint density at radius 3 is 2.36 bits per heavy atom. The number of allylic oxidation sites excluding steroid dienone is 2. The Hall–Kier alpha value is -1.04. The van der Waals surface area contributed by atoms with Crippen molar-refractivity contribution in [2.24, 2.45) is 0 Å². The van der Waals surface area contributed by atoms with Crippen LogP contribution in [0.4, 0.5) is 0 Å². The van der Waals surface area contributed by atoms with Crippen LogP contribution in [0.3, 0.4) is 0 Å². The number of benzene rings is 1. The lowest BCUT2D eigenvalue weighted by atomic mass is 10.1. The normalized spacial score (nSPS) is 9.93. The molecule has 0 saturated heterocycles. The standard InChI is InChI=1S/C14H20/c1-12(2)6-4-5-7-14-10-8-13(3)9-11-14/h6,8-11H,4-5,7H2,1-3H3. The molecule has 0 nitrogen and oxygen atoms in total. The van der Waals surface area contributed by atoms with Gasteiger partial charge in [0.2, 0.25) is 0 Å². The maximum absolute atomic E-state index is 2.31. The highest BCUT2D eigenvalue weighted by molar-refractivity contribution is 5.21. The average Bonchev–Trinajstić information content (AvgIpc) is 2.15. The van der Waals surface area contributed by atoms with E-state index in [0.717, 1.165) is 0 Å². The maximum atomic E-state index is 2.31. The minimum Gasteiger partial charge on any atom is -0.0859 e. The van der Waals surface area contributed by atoms with Gasteiger partial charge in [0.1, 0.15) is 0 Å². The fraction of sp³-hybridized carbons (Fsp3) is 0.429. The number of hydrogen-bond acceptors (Lipinski definition) is 0. The Morgan fingerprint density at radius 1 is 1.14 bits per heavy atom. The molecule has 0 unspecified atom stereocenters. The Labute approximate surface area is 87.7 Å². The van der Waals surface area contributed by atoms with Gasteiger partial charge in [-0.2, -0.15) is 0 Å². The van der Waals surface area contributed by atoms with Crippen molar-refractivity contribution >= 4 is 0 Å². The molecule has 0 aliphatic carbocycles. The van der Waals surface area contributed by atoms with E-state index in [0.29, 0.717) is 0 Å². The van der Waals surface area contributed by atoms with E-state index in [1.54, 1.807) is 0 Å². The van der Waals surface area contributed by atoms with E-state index in [1.165, 1.54) is 36.0 Å². The molecule has 0 heterocycles. The summed E-state index contributed by atoms with van der Waals surface area (Å²) in [5.74, 6) is 0. The molecular formula is C14H20. The number of rotatable bonds is 4. The van der Waals surface area contributed by atoms with Gasteiger partial charge < -0.3 is 0 Å². The molecule has 0 heteroatoms. The van der Waals surface area contributed by atoms with Crippen LogP contribution in [0.5, 0.6) is 0 Å². The predicted octanol–water partition coefficient (Wildman–Crippen LogP) is 4.28. The summed E-state index contributed by atoms with van der Waals surface area (Å²) in [5, 5.41) is 0. The predicted molar refractivity (Wildman–Crippen MR) is 63.5 cm³/mol. The lowest BCUT2D eigenvalue weighted by Gasteiger charge is -2.00. The Bertz CT molecular complexity index is 286. The highest BCUT2D eigenvalue weighted by Gasteiger charge is 1.91. The minimum absolute atomic E-state index is 1.20. The monoisotopic (exact) mass is 188 g/mol. The molecule has 1 aromatic rings. The number of aryl methyl sites for hydroxylation is 2. The van der Waals surface area contributed by atoms with E-state index in [1.807, 2.05) is 0 Å². The van der Waals surface area contributed by atoms with Gasteiger partial charge in [-0.3, -0.25) is 0 Å². The summed E-state index contributed by atoms with van der Waals surface area (Å²) < 4.78 is 0. The van der Waals surface area contributed by atoms with Gasteiger partial charge in [0.05, 0.1) is 0 Å². The first-order valence-corrected chi connectivity index (χ1v) is 5.37. The van der Waals surface area contributed by atoms with Gasteiger partial charge in [0.15, 0.2) is 0 Å². The fourth-order valence-electron chi connectivity index (χ4n) is 1.45. The van der Waals surface area contributed by atoms with Crippen molar-refractivity contribution in [2.75, 3.05) is 0 Å². The van der Waals surface area contributed by atoms with E-state index in [-0.39, 0.29) is 0 Å². The summed E-state index contributed by atoms with van der Waals surface area (Å²) in [6.07, 6.45) is 5.97. The lowest BCUT2D eigenvalue weighted by Crippen LogP contribution is -1.84. The zero-order valence-corrected chi connectivity index (χ0v) is 9.51. The number of hydrogen-bond donors (Lipinski definition) is 0. The van der Waals surface area contributed by atoms with Crippen LogP contribution < -0.4 is 0 Å². The van der Waals surface area contributed by atoms with Crippen molar-refractivity contribution in [3.8, 4) is 0 Å². The minimum atomic E-state index is 1.20. The van der Waals surface area contributed by atoms with Crippen molar-refractivity contribution in [2.45, 2.75) is 40.0 Å². The van der Waals surface area contributed by atoms with Gasteiger partial charge in [-0.1, -0.05) is 41.5 Å². The van der Waals surface area contributed by atoms with E-state index in [4.69, 9.17) is 0 Å². The molecule has 0 fully saturated rings. The molecule has 0 atom stereocenters. The fourth-order valence-corrected chi connectivity index (χ4v) is 1.45. The summed E-state index contributed by atoms with van der Waals surface area (Å²) in [6, 6.07) is 8.85. The van der Waals surface area contributed by atoms with Crippen LogP contribution in [0.2, 0.25) is 0 Å². The molecule has 0 aliphatic rings. The third-order valence-corrected chi connectivity index (χ3v) is 2.34. The van der Waals surface area contributed by atoms with E-state index in [9.17, 15) is 0 Å². The van der Waals surface area contributed by atoms with Crippen LogP contribution in [0.15, 0.2) is 35.9 Å². The molecule has 0 aromatic heterocycles. The third kappa shape index (κ3) is 4.27. The first-order valence-electron chi connectivity index (χ1n) is 5.37. The molecule has 0 N–H and O–H groups in total. The summed E-state index contributed by atoms with van der Waals surface area (Å²) in [6.45, 7) is 6.45. The smallest absolute Gasteiger partial charge is 0.0276 e. The second kappa shape index (κ2) is 5.64. The van der Waals surface area contributed by atoms with Crippen molar-refractivity contribution in [1.29, 1.82) is 0 Å². The molecule has 0 aliphatic heterocycles. The van der Waals surface area contributed by atoms with E-state index >= 15 is 0 Å². The molecule has 76 valence electrons. The summed E-state index contributed by atoms with van der Waals surface area (Å²) >= 11 is 0. The van der Waals surface area contributed by atoms with E-state index < -0.39 is 0 Å². The van der Waals surface area contributed by atoms with Gasteiger partial charge in [-0.05, 0) is 45.6 Å². The first-order chi connectivity index (χ1) is 6.68. The molecule has 0 radical (unpaired) electrons. The summed E-state index contributed by atoms with van der Waals surface area (Å²) in [4.78, 5) is 0. The van der Waals surface area contributed by atoms with Gasteiger partial charge in [0, 0.05) is 0 Å². The van der Waals surface area contributed by atoms with Gasteiger partial charge in [-0.25, -0.2) is 0 Å². The zero-order valence-electron chi connectivity index (χ0n) is 9.51. The van der Waals surface area contributed by atoms with Crippen molar-refractivity contribution in [3.63, 3.8) is 0 Å². The van der Waals surface area contributed by atoms with Crippen molar-refractivity contribution < 1.29 is 0 Å². The van der Waals surface area contributed by atoms with Crippen LogP contribution in [0, 0.1) is 6.92 Å². The van der Waals surface area contributed by atoms with Gasteiger partial charge in [-0.15, -0.1) is 0 Å². The largest absolute Gasteiger partial charge is 0.0859 e. The second-order valence-corrected chi connectivity index (χ2v) is 4.16. The first kappa shape index (κ1) is 11.0. The molecule has 0 bridgehead atoms. The summed E-state index contributed by atoms with van der Waals surface area (Å²) in [7, 11) is 0. The second-order valence-electron chi connectivity index (χ2n) is 4.16. The quantitative estimate of drug-likeness (QED) is 0.488. The molecular weight excluding hydrogens is 168 g/mol. The van der Waals surface area contributed by atoms with Crippen LogP contribution >= 0.6 is 0 Å². The molecule has 1 rings (SSSR count). The highest BCUT2D eigenvalue weighted by atomic mass is 14.0. The zero-order chi connectivity index (χ0) is 10.4. The Kier molecular flexibility index (Phi) is 4.45. The van der Waals surface area contributed by atoms with Crippen LogP contribution in [-0.2, 0) is 6.42 Å². The van der Waals surface area contributed by atoms with Gasteiger partial charge in [0.25, 0.3) is 0 Å². The van der Waals surface area contributed by atoms with Crippen molar-refractivity contribution in [3.05, 3.63) is 47.0 Å². The van der Waals surface area contributed by atoms with E-state index in [2.05, 4.69) is 51.1 Å². The lowest BCUT2D eigenvalue weighted by molar-refractivity contribution is 0.838. The molecule has 14 heavy (non-hydrogen) atoms.